The van der Waals surface area contributed by atoms with Crippen molar-refractivity contribution in [2.45, 2.75) is 51.6 Å². The van der Waals surface area contributed by atoms with E-state index < -0.39 is 23.5 Å². The Morgan fingerprint density at radius 1 is 1.05 bits per heavy atom. The lowest BCUT2D eigenvalue weighted by atomic mass is 9.84. The van der Waals surface area contributed by atoms with E-state index in [1.165, 1.54) is 11.8 Å². The second-order valence-corrected chi connectivity index (χ2v) is 10.9. The molecule has 2 saturated heterocycles. The molecule has 1 aromatic carbocycles. The summed E-state index contributed by atoms with van der Waals surface area (Å²) in [4.78, 5) is 24.8. The van der Waals surface area contributed by atoms with Crippen molar-refractivity contribution in [1.29, 1.82) is 0 Å². The number of alkyl halides is 3. The standard InChI is InChI=1S/C28H32F3N5O2/c1-27(2)13-6-14-36(18-27)26-34-24(28(29,30)31)23(38-26)25(37)33-21-9-10-22(32-17-21)35-15-11-20(12-16-35)19-7-4-3-5-8-19/h3-5,7-10,17,20H,6,11-16,18H2,1-2H3,(H,33,37). The van der Waals surface area contributed by atoms with E-state index in [0.717, 1.165) is 44.6 Å². The third-order valence-electron chi connectivity index (χ3n) is 7.36. The molecule has 3 aromatic rings. The molecule has 4 heterocycles. The molecule has 0 saturated carbocycles. The number of pyridine rings is 1. The molecule has 202 valence electrons. The van der Waals surface area contributed by atoms with E-state index in [1.807, 2.05) is 19.9 Å². The number of carbonyl (C=O) groups excluding carboxylic acids is 1. The largest absolute Gasteiger partial charge is 0.437 e. The van der Waals surface area contributed by atoms with E-state index in [0.29, 0.717) is 19.0 Å². The molecule has 0 aliphatic carbocycles. The van der Waals surface area contributed by atoms with Crippen molar-refractivity contribution in [3.8, 4) is 0 Å². The highest BCUT2D eigenvalue weighted by atomic mass is 19.4. The highest BCUT2D eigenvalue weighted by Crippen LogP contribution is 2.37. The van der Waals surface area contributed by atoms with Crippen LogP contribution >= 0.6 is 0 Å². The fourth-order valence-electron chi connectivity index (χ4n) is 5.38. The lowest BCUT2D eigenvalue weighted by molar-refractivity contribution is -0.141. The summed E-state index contributed by atoms with van der Waals surface area (Å²) in [5.41, 5.74) is 0.218. The van der Waals surface area contributed by atoms with Gasteiger partial charge >= 0.3 is 6.18 Å². The SMILES string of the molecule is CC1(C)CCCN(c2nc(C(F)(F)F)c(C(=O)Nc3ccc(N4CCC(c5ccccc5)CC4)nc3)o2)C1. The zero-order chi connectivity index (χ0) is 26.9. The third kappa shape index (κ3) is 5.79. The van der Waals surface area contributed by atoms with Crippen LogP contribution in [0.25, 0.3) is 0 Å². The first-order valence-corrected chi connectivity index (χ1v) is 13.0. The van der Waals surface area contributed by atoms with Crippen molar-refractivity contribution in [2.75, 3.05) is 41.3 Å². The van der Waals surface area contributed by atoms with Gasteiger partial charge in [-0.05, 0) is 54.7 Å². The monoisotopic (exact) mass is 527 g/mol. The molecule has 2 aliphatic rings. The van der Waals surface area contributed by atoms with E-state index in [4.69, 9.17) is 4.42 Å². The highest BCUT2D eigenvalue weighted by Gasteiger charge is 2.42. The van der Waals surface area contributed by atoms with Gasteiger partial charge in [-0.3, -0.25) is 4.79 Å². The number of nitrogens with one attached hydrogen (secondary N) is 1. The van der Waals surface area contributed by atoms with Crippen LogP contribution in [0.2, 0.25) is 0 Å². The average molecular weight is 528 g/mol. The predicted octanol–water partition coefficient (Wildman–Crippen LogP) is 6.35. The zero-order valence-electron chi connectivity index (χ0n) is 21.6. The third-order valence-corrected chi connectivity index (χ3v) is 7.36. The van der Waals surface area contributed by atoms with E-state index in [-0.39, 0.29) is 17.1 Å². The van der Waals surface area contributed by atoms with Crippen molar-refractivity contribution in [1.82, 2.24) is 9.97 Å². The highest BCUT2D eigenvalue weighted by molar-refractivity contribution is 6.03. The maximum absolute atomic E-state index is 13.7. The molecule has 0 unspecified atom stereocenters. The number of hydrogen-bond acceptors (Lipinski definition) is 6. The van der Waals surface area contributed by atoms with Crippen molar-refractivity contribution < 1.29 is 22.4 Å². The van der Waals surface area contributed by atoms with Gasteiger partial charge in [-0.2, -0.15) is 18.2 Å². The van der Waals surface area contributed by atoms with Gasteiger partial charge in [-0.15, -0.1) is 0 Å². The van der Waals surface area contributed by atoms with Crippen molar-refractivity contribution in [3.05, 3.63) is 65.7 Å². The Kier molecular flexibility index (Phi) is 7.07. The molecule has 0 radical (unpaired) electrons. The number of halogens is 3. The van der Waals surface area contributed by atoms with Gasteiger partial charge < -0.3 is 19.5 Å². The summed E-state index contributed by atoms with van der Waals surface area (Å²) in [6.45, 7) is 6.81. The molecule has 1 amide bonds. The minimum Gasteiger partial charge on any atom is -0.417 e. The number of piperidine rings is 2. The van der Waals surface area contributed by atoms with E-state index in [9.17, 15) is 18.0 Å². The molecule has 10 heteroatoms. The number of aromatic nitrogens is 2. The zero-order valence-corrected chi connectivity index (χ0v) is 21.6. The summed E-state index contributed by atoms with van der Waals surface area (Å²) in [6.07, 6.45) is 0.401. The van der Waals surface area contributed by atoms with Crippen LogP contribution < -0.4 is 15.1 Å². The number of hydrogen-bond donors (Lipinski definition) is 1. The first-order valence-electron chi connectivity index (χ1n) is 13.0. The van der Waals surface area contributed by atoms with Crippen LogP contribution in [0.4, 0.5) is 30.7 Å². The Morgan fingerprint density at radius 2 is 1.79 bits per heavy atom. The van der Waals surface area contributed by atoms with Gasteiger partial charge in [0.05, 0.1) is 11.9 Å². The van der Waals surface area contributed by atoms with Crippen LogP contribution in [-0.4, -0.2) is 42.1 Å². The van der Waals surface area contributed by atoms with Gasteiger partial charge in [0.15, 0.2) is 5.69 Å². The minimum atomic E-state index is -4.83. The molecule has 38 heavy (non-hydrogen) atoms. The Hall–Kier alpha value is -3.56. The second kappa shape index (κ2) is 10.3. The van der Waals surface area contributed by atoms with Crippen molar-refractivity contribution in [3.63, 3.8) is 0 Å². The fourth-order valence-corrected chi connectivity index (χ4v) is 5.38. The van der Waals surface area contributed by atoms with Gasteiger partial charge in [-0.25, -0.2) is 4.98 Å². The van der Waals surface area contributed by atoms with Crippen molar-refractivity contribution in [2.24, 2.45) is 5.41 Å². The lowest BCUT2D eigenvalue weighted by Crippen LogP contribution is -2.40. The minimum absolute atomic E-state index is 0.0855. The van der Waals surface area contributed by atoms with Crippen LogP contribution in [0.1, 0.15) is 67.3 Å². The molecule has 0 bridgehead atoms. The van der Waals surface area contributed by atoms with E-state index in [1.54, 1.807) is 17.0 Å². The first-order chi connectivity index (χ1) is 18.1. The quantitative estimate of drug-likeness (QED) is 0.417. The summed E-state index contributed by atoms with van der Waals surface area (Å²) >= 11 is 0. The lowest BCUT2D eigenvalue weighted by Gasteiger charge is -2.37. The van der Waals surface area contributed by atoms with Gasteiger partial charge in [0.25, 0.3) is 11.9 Å². The fraction of sp³-hybridized carbons (Fsp3) is 0.464. The molecule has 0 atom stereocenters. The Morgan fingerprint density at radius 3 is 2.42 bits per heavy atom. The van der Waals surface area contributed by atoms with Crippen LogP contribution in [0.5, 0.6) is 0 Å². The summed E-state index contributed by atoms with van der Waals surface area (Å²) in [6, 6.07) is 13.7. The molecular weight excluding hydrogens is 495 g/mol. The number of amides is 1. The van der Waals surface area contributed by atoms with Gasteiger partial charge in [0.2, 0.25) is 5.76 Å². The normalized spacial score (nSPS) is 18.4. The number of benzene rings is 1. The molecule has 5 rings (SSSR count). The van der Waals surface area contributed by atoms with Gasteiger partial charge in [0, 0.05) is 26.2 Å². The summed E-state index contributed by atoms with van der Waals surface area (Å²) < 4.78 is 46.6. The van der Waals surface area contributed by atoms with Crippen LogP contribution in [-0.2, 0) is 6.18 Å². The summed E-state index contributed by atoms with van der Waals surface area (Å²) in [5.74, 6) is -0.578. The Labute approximate surface area is 220 Å². The van der Waals surface area contributed by atoms with Crippen LogP contribution in [0.15, 0.2) is 53.1 Å². The number of carbonyl (C=O) groups is 1. The molecule has 2 aliphatic heterocycles. The molecule has 0 spiro atoms. The second-order valence-electron chi connectivity index (χ2n) is 10.9. The maximum atomic E-state index is 13.7. The molecule has 1 N–H and O–H groups in total. The Balaban J connectivity index is 1.25. The summed E-state index contributed by atoms with van der Waals surface area (Å²) in [5, 5.41) is 2.49. The number of nitrogens with zero attached hydrogens (tertiary/aromatic N) is 4. The molecular formula is C28H32F3N5O2. The summed E-state index contributed by atoms with van der Waals surface area (Å²) in [7, 11) is 0. The van der Waals surface area contributed by atoms with Crippen LogP contribution in [0.3, 0.4) is 0 Å². The van der Waals surface area contributed by atoms with E-state index in [2.05, 4.69) is 44.5 Å². The number of anilines is 3. The first kappa shape index (κ1) is 26.1. The van der Waals surface area contributed by atoms with Crippen molar-refractivity contribution >= 4 is 23.4 Å². The predicted molar refractivity (Wildman–Crippen MR) is 140 cm³/mol. The topological polar surface area (TPSA) is 74.5 Å². The van der Waals surface area contributed by atoms with Crippen LogP contribution in [0, 0.1) is 5.41 Å². The van der Waals surface area contributed by atoms with Gasteiger partial charge in [0.1, 0.15) is 5.82 Å². The Bertz CT molecular complexity index is 1250. The number of rotatable bonds is 5. The van der Waals surface area contributed by atoms with Gasteiger partial charge in [-0.1, -0.05) is 44.2 Å². The smallest absolute Gasteiger partial charge is 0.417 e. The molecule has 2 fully saturated rings. The molecule has 2 aromatic heterocycles. The molecule has 7 nitrogen and oxygen atoms in total. The average Bonchev–Trinajstić information content (AvgIpc) is 3.36. The van der Waals surface area contributed by atoms with E-state index >= 15 is 0 Å². The maximum Gasteiger partial charge on any atom is 0.437 e. The number of oxazole rings is 1.